The van der Waals surface area contributed by atoms with E-state index in [9.17, 15) is 4.79 Å². The molecule has 0 radical (unpaired) electrons. The van der Waals surface area contributed by atoms with Crippen molar-refractivity contribution in [3.63, 3.8) is 0 Å². The molecular formula is C15H22O. The summed E-state index contributed by atoms with van der Waals surface area (Å²) < 4.78 is 0. The Hall–Kier alpha value is -1.11. The van der Waals surface area contributed by atoms with Gasteiger partial charge in [-0.1, -0.05) is 57.0 Å². The van der Waals surface area contributed by atoms with E-state index >= 15 is 0 Å². The normalized spacial score (nSPS) is 14.4. The van der Waals surface area contributed by atoms with Crippen LogP contribution in [-0.2, 0) is 4.79 Å². The van der Waals surface area contributed by atoms with E-state index in [1.165, 1.54) is 18.4 Å². The van der Waals surface area contributed by atoms with Crippen molar-refractivity contribution in [3.05, 3.63) is 35.9 Å². The molecule has 0 amide bonds. The van der Waals surface area contributed by atoms with Crippen molar-refractivity contribution in [3.8, 4) is 0 Å². The van der Waals surface area contributed by atoms with Gasteiger partial charge in [-0.2, -0.15) is 0 Å². The first kappa shape index (κ1) is 13.0. The lowest BCUT2D eigenvalue weighted by Crippen LogP contribution is -2.17. The van der Waals surface area contributed by atoms with Crippen molar-refractivity contribution in [1.82, 2.24) is 0 Å². The maximum atomic E-state index is 11.5. The van der Waals surface area contributed by atoms with Crippen molar-refractivity contribution in [2.75, 3.05) is 0 Å². The Morgan fingerprint density at radius 3 is 2.38 bits per heavy atom. The van der Waals surface area contributed by atoms with Gasteiger partial charge in [0.1, 0.15) is 5.78 Å². The molecule has 0 fully saturated rings. The van der Waals surface area contributed by atoms with E-state index < -0.39 is 0 Å². The highest BCUT2D eigenvalue weighted by Gasteiger charge is 2.21. The second kappa shape index (κ2) is 6.47. The summed E-state index contributed by atoms with van der Waals surface area (Å²) in [5.74, 6) is 0.817. The molecule has 0 aliphatic rings. The smallest absolute Gasteiger partial charge is 0.133 e. The minimum absolute atomic E-state index is 0.133. The van der Waals surface area contributed by atoms with Crippen LogP contribution in [0, 0.1) is 5.92 Å². The van der Waals surface area contributed by atoms with Gasteiger partial charge in [-0.05, 0) is 24.8 Å². The minimum Gasteiger partial charge on any atom is -0.300 e. The number of benzene rings is 1. The molecule has 1 heteroatoms. The summed E-state index contributed by atoms with van der Waals surface area (Å²) in [6.07, 6.45) is 3.49. The SMILES string of the molecule is CCCCC(c1ccccc1)C(C)C(C)=O. The number of Topliss-reactive ketones (excluding diaryl/α,β-unsaturated/α-hetero) is 1. The molecule has 0 N–H and O–H groups in total. The van der Waals surface area contributed by atoms with Crippen LogP contribution in [-0.4, -0.2) is 5.78 Å². The molecule has 1 rings (SSSR count). The van der Waals surface area contributed by atoms with E-state index in [1.807, 2.05) is 6.07 Å². The molecule has 2 atom stereocenters. The van der Waals surface area contributed by atoms with Gasteiger partial charge < -0.3 is 0 Å². The highest BCUT2D eigenvalue weighted by Crippen LogP contribution is 2.30. The lowest BCUT2D eigenvalue weighted by molar-refractivity contribution is -0.120. The van der Waals surface area contributed by atoms with Gasteiger partial charge in [0.25, 0.3) is 0 Å². The zero-order valence-electron chi connectivity index (χ0n) is 10.6. The fourth-order valence-corrected chi connectivity index (χ4v) is 2.11. The number of hydrogen-bond donors (Lipinski definition) is 0. The third kappa shape index (κ3) is 3.48. The summed E-state index contributed by atoms with van der Waals surface area (Å²) in [4.78, 5) is 11.5. The van der Waals surface area contributed by atoms with Crippen molar-refractivity contribution in [1.29, 1.82) is 0 Å². The van der Waals surface area contributed by atoms with Crippen LogP contribution in [0.4, 0.5) is 0 Å². The van der Waals surface area contributed by atoms with E-state index in [0.29, 0.717) is 11.7 Å². The Balaban J connectivity index is 2.83. The second-order valence-electron chi connectivity index (χ2n) is 4.56. The molecule has 0 bridgehead atoms. The van der Waals surface area contributed by atoms with E-state index in [0.717, 1.165) is 6.42 Å². The molecule has 1 nitrogen and oxygen atoms in total. The van der Waals surface area contributed by atoms with Gasteiger partial charge in [-0.3, -0.25) is 4.79 Å². The molecule has 0 aliphatic heterocycles. The van der Waals surface area contributed by atoms with E-state index in [1.54, 1.807) is 6.92 Å². The molecule has 1 aromatic rings. The predicted octanol–water partition coefficient (Wildman–Crippen LogP) is 4.19. The molecular weight excluding hydrogens is 196 g/mol. The molecule has 0 heterocycles. The average molecular weight is 218 g/mol. The molecule has 0 saturated heterocycles. The quantitative estimate of drug-likeness (QED) is 0.700. The molecule has 88 valence electrons. The largest absolute Gasteiger partial charge is 0.300 e. The first-order chi connectivity index (χ1) is 7.66. The average Bonchev–Trinajstić information content (AvgIpc) is 2.30. The Morgan fingerprint density at radius 2 is 1.88 bits per heavy atom. The van der Waals surface area contributed by atoms with Crippen LogP contribution < -0.4 is 0 Å². The Kier molecular flexibility index (Phi) is 5.24. The first-order valence-corrected chi connectivity index (χ1v) is 6.22. The van der Waals surface area contributed by atoms with Crippen LogP contribution in [0.2, 0.25) is 0 Å². The third-order valence-corrected chi connectivity index (χ3v) is 3.34. The fourth-order valence-electron chi connectivity index (χ4n) is 2.11. The van der Waals surface area contributed by atoms with Crippen molar-refractivity contribution >= 4 is 5.78 Å². The third-order valence-electron chi connectivity index (χ3n) is 3.34. The van der Waals surface area contributed by atoms with Crippen LogP contribution in [0.25, 0.3) is 0 Å². The first-order valence-electron chi connectivity index (χ1n) is 6.22. The molecule has 0 saturated carbocycles. The number of ketones is 1. The van der Waals surface area contributed by atoms with E-state index in [2.05, 4.69) is 38.1 Å². The van der Waals surface area contributed by atoms with Gasteiger partial charge in [0.2, 0.25) is 0 Å². The zero-order chi connectivity index (χ0) is 12.0. The summed E-state index contributed by atoms with van der Waals surface area (Å²) in [5.41, 5.74) is 1.30. The molecule has 0 spiro atoms. The highest BCUT2D eigenvalue weighted by atomic mass is 16.1. The lowest BCUT2D eigenvalue weighted by Gasteiger charge is -2.22. The second-order valence-corrected chi connectivity index (χ2v) is 4.56. The number of rotatable bonds is 6. The molecule has 1 aromatic carbocycles. The van der Waals surface area contributed by atoms with Gasteiger partial charge in [-0.25, -0.2) is 0 Å². The number of carbonyl (C=O) groups excluding carboxylic acids is 1. The van der Waals surface area contributed by atoms with Gasteiger partial charge in [0.05, 0.1) is 0 Å². The van der Waals surface area contributed by atoms with Crippen LogP contribution in [0.15, 0.2) is 30.3 Å². The standard InChI is InChI=1S/C15H22O/c1-4-5-11-15(12(2)13(3)16)14-9-7-6-8-10-14/h6-10,12,15H,4-5,11H2,1-3H3. The van der Waals surface area contributed by atoms with Crippen LogP contribution in [0.1, 0.15) is 51.5 Å². The van der Waals surface area contributed by atoms with Crippen molar-refractivity contribution in [2.45, 2.75) is 46.0 Å². The number of carbonyl (C=O) groups is 1. The zero-order valence-corrected chi connectivity index (χ0v) is 10.6. The van der Waals surface area contributed by atoms with Crippen LogP contribution >= 0.6 is 0 Å². The van der Waals surface area contributed by atoms with E-state index in [-0.39, 0.29) is 5.92 Å². The van der Waals surface area contributed by atoms with Crippen molar-refractivity contribution < 1.29 is 4.79 Å². The Morgan fingerprint density at radius 1 is 1.25 bits per heavy atom. The lowest BCUT2D eigenvalue weighted by atomic mass is 9.81. The van der Waals surface area contributed by atoms with E-state index in [4.69, 9.17) is 0 Å². The number of hydrogen-bond acceptors (Lipinski definition) is 1. The van der Waals surface area contributed by atoms with Crippen LogP contribution in [0.3, 0.4) is 0 Å². The Bertz CT molecular complexity index is 315. The van der Waals surface area contributed by atoms with Gasteiger partial charge in [-0.15, -0.1) is 0 Å². The topological polar surface area (TPSA) is 17.1 Å². The Labute approximate surface area is 98.9 Å². The summed E-state index contributed by atoms with van der Waals surface area (Å²) in [6, 6.07) is 10.4. The summed E-state index contributed by atoms with van der Waals surface area (Å²) >= 11 is 0. The summed E-state index contributed by atoms with van der Waals surface area (Å²) in [6.45, 7) is 5.95. The van der Waals surface area contributed by atoms with Gasteiger partial charge >= 0.3 is 0 Å². The molecule has 16 heavy (non-hydrogen) atoms. The summed E-state index contributed by atoms with van der Waals surface area (Å²) in [7, 11) is 0. The van der Waals surface area contributed by atoms with Crippen LogP contribution in [0.5, 0.6) is 0 Å². The molecule has 0 aliphatic carbocycles. The molecule has 0 aromatic heterocycles. The molecule has 2 unspecified atom stereocenters. The maximum Gasteiger partial charge on any atom is 0.133 e. The minimum atomic E-state index is 0.133. The maximum absolute atomic E-state index is 11.5. The number of unbranched alkanes of at least 4 members (excludes halogenated alkanes) is 1. The van der Waals surface area contributed by atoms with Crippen molar-refractivity contribution in [2.24, 2.45) is 5.92 Å². The highest BCUT2D eigenvalue weighted by molar-refractivity contribution is 5.78. The summed E-state index contributed by atoms with van der Waals surface area (Å²) in [5, 5.41) is 0. The predicted molar refractivity (Wildman–Crippen MR) is 68.6 cm³/mol. The van der Waals surface area contributed by atoms with Gasteiger partial charge in [0.15, 0.2) is 0 Å². The van der Waals surface area contributed by atoms with Gasteiger partial charge in [0, 0.05) is 5.92 Å². The monoisotopic (exact) mass is 218 g/mol. The fraction of sp³-hybridized carbons (Fsp3) is 0.533.